The summed E-state index contributed by atoms with van der Waals surface area (Å²) in [4.78, 5) is 18.0. The van der Waals surface area contributed by atoms with Gasteiger partial charge < -0.3 is 19.9 Å². The van der Waals surface area contributed by atoms with Crippen LogP contribution in [0.3, 0.4) is 0 Å². The molecule has 38 heavy (non-hydrogen) atoms. The summed E-state index contributed by atoms with van der Waals surface area (Å²) in [5.74, 6) is 2.63. The van der Waals surface area contributed by atoms with Gasteiger partial charge in [0.25, 0.3) is 0 Å². The molecule has 1 aliphatic carbocycles. The van der Waals surface area contributed by atoms with Gasteiger partial charge in [0.05, 0.1) is 6.61 Å². The van der Waals surface area contributed by atoms with Crippen LogP contribution in [0.15, 0.2) is 84.1 Å². The van der Waals surface area contributed by atoms with E-state index in [1.54, 1.807) is 28.9 Å². The molecule has 0 amide bonds. The number of nitrogens with one attached hydrogen (secondary N) is 1. The van der Waals surface area contributed by atoms with Crippen LogP contribution in [0.25, 0.3) is 11.4 Å². The Kier molecular flexibility index (Phi) is 6.29. The van der Waals surface area contributed by atoms with E-state index in [0.717, 1.165) is 35.2 Å². The van der Waals surface area contributed by atoms with Gasteiger partial charge >= 0.3 is 0 Å². The van der Waals surface area contributed by atoms with Crippen molar-refractivity contribution in [2.75, 3.05) is 11.9 Å². The Morgan fingerprint density at radius 1 is 1.00 bits per heavy atom. The molecule has 6 rings (SSSR count). The average Bonchev–Trinajstić information content (AvgIpc) is 3.36. The van der Waals surface area contributed by atoms with Crippen molar-refractivity contribution < 1.29 is 19.4 Å². The molecule has 1 aromatic heterocycles. The van der Waals surface area contributed by atoms with Crippen molar-refractivity contribution in [2.24, 2.45) is 0 Å². The molecule has 0 bridgehead atoms. The quantitative estimate of drug-likeness (QED) is 0.333. The summed E-state index contributed by atoms with van der Waals surface area (Å²) >= 11 is 0. The van der Waals surface area contributed by atoms with Crippen molar-refractivity contribution >= 4 is 11.7 Å². The number of nitrogens with zero attached hydrogens (tertiary/aromatic N) is 3. The van der Waals surface area contributed by atoms with Crippen molar-refractivity contribution in [2.45, 2.75) is 38.8 Å². The number of hydrogen-bond donors (Lipinski definition) is 2. The normalized spacial score (nSPS) is 16.4. The van der Waals surface area contributed by atoms with Crippen LogP contribution in [0, 0.1) is 0 Å². The number of rotatable bonds is 7. The van der Waals surface area contributed by atoms with Gasteiger partial charge in [-0.25, -0.2) is 4.68 Å². The second-order valence-electron chi connectivity index (χ2n) is 9.36. The van der Waals surface area contributed by atoms with Crippen LogP contribution < -0.4 is 14.8 Å². The molecule has 8 nitrogen and oxygen atoms in total. The standard InChI is InChI=1S/C30H28N4O4/c1-2-37-26-17-21(13-16-25(26)38-18-19-7-4-3-5-8-19)28-27-23(9-6-10-24(27)36)31-30-32-29(33-34(28)30)20-11-14-22(35)15-12-20/h3-5,7-8,11-17,28,35H,2,6,9-10,18H2,1H3,(H,31,32,33). The number of aromatic hydroxyl groups is 1. The third-order valence-electron chi connectivity index (χ3n) is 6.81. The van der Waals surface area contributed by atoms with E-state index in [1.165, 1.54) is 0 Å². The first-order valence-electron chi connectivity index (χ1n) is 12.8. The maximum atomic E-state index is 13.2. The summed E-state index contributed by atoms with van der Waals surface area (Å²) in [5.41, 5.74) is 4.31. The van der Waals surface area contributed by atoms with Gasteiger partial charge in [0.15, 0.2) is 23.1 Å². The van der Waals surface area contributed by atoms with Crippen LogP contribution in [-0.2, 0) is 11.4 Å². The van der Waals surface area contributed by atoms with Crippen LogP contribution in [0.2, 0.25) is 0 Å². The van der Waals surface area contributed by atoms with Crippen molar-refractivity contribution in [1.82, 2.24) is 14.8 Å². The SMILES string of the molecule is CCOc1cc(C2C3=C(CCCC3=O)Nc3nc(-c4ccc(O)cc4)nn32)ccc1OCc1ccccc1. The van der Waals surface area contributed by atoms with Gasteiger partial charge in [0, 0.05) is 23.3 Å². The molecule has 0 saturated carbocycles. The zero-order chi connectivity index (χ0) is 26.1. The zero-order valence-electron chi connectivity index (χ0n) is 21.1. The number of phenols is 1. The first kappa shape index (κ1) is 23.8. The second kappa shape index (κ2) is 10.0. The number of allylic oxidation sites excluding steroid dienone is 2. The number of phenolic OH excluding ortho intramolecular Hbond substituents is 1. The summed E-state index contributed by atoms with van der Waals surface area (Å²) in [6.45, 7) is 2.83. The Labute approximate surface area is 220 Å². The maximum Gasteiger partial charge on any atom is 0.226 e. The highest BCUT2D eigenvalue weighted by Crippen LogP contribution is 2.43. The van der Waals surface area contributed by atoms with Gasteiger partial charge in [0.2, 0.25) is 5.95 Å². The Morgan fingerprint density at radius 3 is 2.61 bits per heavy atom. The molecule has 1 unspecified atom stereocenters. The maximum absolute atomic E-state index is 13.2. The third-order valence-corrected chi connectivity index (χ3v) is 6.81. The summed E-state index contributed by atoms with van der Waals surface area (Å²) in [6, 6.07) is 22.1. The predicted molar refractivity (Wildman–Crippen MR) is 143 cm³/mol. The molecule has 1 atom stereocenters. The van der Waals surface area contributed by atoms with Crippen LogP contribution >= 0.6 is 0 Å². The van der Waals surface area contributed by atoms with E-state index >= 15 is 0 Å². The molecule has 0 saturated heterocycles. The number of benzene rings is 3. The van der Waals surface area contributed by atoms with E-state index in [9.17, 15) is 9.90 Å². The Hall–Kier alpha value is -4.59. The highest BCUT2D eigenvalue weighted by molar-refractivity contribution is 5.99. The van der Waals surface area contributed by atoms with Crippen molar-refractivity contribution in [3.63, 3.8) is 0 Å². The second-order valence-corrected chi connectivity index (χ2v) is 9.36. The van der Waals surface area contributed by atoms with Gasteiger partial charge in [-0.1, -0.05) is 36.4 Å². The highest BCUT2D eigenvalue weighted by atomic mass is 16.5. The Morgan fingerprint density at radius 2 is 1.82 bits per heavy atom. The molecular weight excluding hydrogens is 480 g/mol. The fourth-order valence-corrected chi connectivity index (χ4v) is 5.01. The predicted octanol–water partition coefficient (Wildman–Crippen LogP) is 5.65. The topological polar surface area (TPSA) is 98.5 Å². The van der Waals surface area contributed by atoms with Crippen LogP contribution in [-0.4, -0.2) is 32.3 Å². The molecule has 0 spiro atoms. The molecule has 192 valence electrons. The molecule has 3 aromatic carbocycles. The van der Waals surface area contributed by atoms with E-state index in [4.69, 9.17) is 19.6 Å². The number of Topliss-reactive ketones (excluding diaryl/α,β-unsaturated/α-hetero) is 1. The molecule has 4 aromatic rings. The number of carbonyl (C=O) groups excluding carboxylic acids is 1. The van der Waals surface area contributed by atoms with Crippen molar-refractivity contribution in [3.8, 4) is 28.6 Å². The lowest BCUT2D eigenvalue weighted by Gasteiger charge is -2.32. The van der Waals surface area contributed by atoms with Crippen LogP contribution in [0.5, 0.6) is 17.2 Å². The number of ether oxygens (including phenoxy) is 2. The Bertz CT molecular complexity index is 1510. The summed E-state index contributed by atoms with van der Waals surface area (Å²) in [7, 11) is 0. The molecule has 2 heterocycles. The number of aromatic nitrogens is 3. The fraction of sp³-hybridized carbons (Fsp3) is 0.233. The van der Waals surface area contributed by atoms with E-state index in [1.807, 2.05) is 55.5 Å². The molecule has 1 aliphatic heterocycles. The summed E-state index contributed by atoms with van der Waals surface area (Å²) in [6.07, 6.45) is 2.07. The van der Waals surface area contributed by atoms with E-state index < -0.39 is 6.04 Å². The van der Waals surface area contributed by atoms with Gasteiger partial charge in [0.1, 0.15) is 18.4 Å². The highest BCUT2D eigenvalue weighted by Gasteiger charge is 2.37. The minimum Gasteiger partial charge on any atom is -0.508 e. The lowest BCUT2D eigenvalue weighted by atomic mass is 9.85. The average molecular weight is 509 g/mol. The monoisotopic (exact) mass is 508 g/mol. The minimum atomic E-state index is -0.449. The largest absolute Gasteiger partial charge is 0.508 e. The first-order chi connectivity index (χ1) is 18.6. The number of fused-ring (bicyclic) bond motifs is 1. The minimum absolute atomic E-state index is 0.110. The summed E-state index contributed by atoms with van der Waals surface area (Å²) in [5, 5.41) is 17.9. The molecule has 0 fully saturated rings. The first-order valence-corrected chi connectivity index (χ1v) is 12.8. The number of anilines is 1. The molecule has 0 radical (unpaired) electrons. The van der Waals surface area contributed by atoms with Crippen molar-refractivity contribution in [1.29, 1.82) is 0 Å². The smallest absolute Gasteiger partial charge is 0.226 e. The van der Waals surface area contributed by atoms with Crippen molar-refractivity contribution in [3.05, 3.63) is 95.2 Å². The van der Waals surface area contributed by atoms with Crippen LogP contribution in [0.1, 0.15) is 43.4 Å². The van der Waals surface area contributed by atoms with E-state index in [0.29, 0.717) is 48.5 Å². The third kappa shape index (κ3) is 4.49. The molecule has 2 N–H and O–H groups in total. The van der Waals surface area contributed by atoms with E-state index in [-0.39, 0.29) is 11.5 Å². The number of ketones is 1. The van der Waals surface area contributed by atoms with Crippen LogP contribution in [0.4, 0.5) is 5.95 Å². The number of carbonyl (C=O) groups is 1. The molecular formula is C30H28N4O4. The molecule has 2 aliphatic rings. The van der Waals surface area contributed by atoms with Gasteiger partial charge in [-0.15, -0.1) is 5.10 Å². The van der Waals surface area contributed by atoms with Gasteiger partial charge in [-0.2, -0.15) is 4.98 Å². The lowest BCUT2D eigenvalue weighted by molar-refractivity contribution is -0.116. The van der Waals surface area contributed by atoms with E-state index in [2.05, 4.69) is 5.32 Å². The number of hydrogen-bond acceptors (Lipinski definition) is 7. The zero-order valence-corrected chi connectivity index (χ0v) is 21.1. The fourth-order valence-electron chi connectivity index (χ4n) is 5.01. The van der Waals surface area contributed by atoms with Gasteiger partial charge in [-0.05, 0) is 67.3 Å². The van der Waals surface area contributed by atoms with Gasteiger partial charge in [-0.3, -0.25) is 4.79 Å². The summed E-state index contributed by atoms with van der Waals surface area (Å²) < 4.78 is 13.9. The lowest BCUT2D eigenvalue weighted by Crippen LogP contribution is -2.31. The Balaban J connectivity index is 1.41. The molecule has 8 heteroatoms.